The van der Waals surface area contributed by atoms with Crippen LogP contribution in [0.25, 0.3) is 0 Å². The van der Waals surface area contributed by atoms with Gasteiger partial charge in [0.2, 0.25) is 0 Å². The van der Waals surface area contributed by atoms with Crippen LogP contribution in [0.5, 0.6) is 0 Å². The van der Waals surface area contributed by atoms with Gasteiger partial charge in [-0.05, 0) is 63.7 Å². The van der Waals surface area contributed by atoms with Crippen molar-refractivity contribution in [2.45, 2.75) is 44.7 Å². The molecule has 0 aromatic carbocycles. The molecule has 0 aliphatic carbocycles. The Labute approximate surface area is 120 Å². The highest BCUT2D eigenvalue weighted by Crippen LogP contribution is 2.29. The summed E-state index contributed by atoms with van der Waals surface area (Å²) in [5.41, 5.74) is 0.978. The highest BCUT2D eigenvalue weighted by atomic mass is 19.1. The molecule has 3 rings (SSSR count). The first-order chi connectivity index (χ1) is 9.74. The van der Waals surface area contributed by atoms with E-state index in [9.17, 15) is 4.39 Å². The van der Waals surface area contributed by atoms with Crippen molar-refractivity contribution in [1.29, 1.82) is 0 Å². The first-order valence-electron chi connectivity index (χ1n) is 7.83. The minimum atomic E-state index is -0.257. The molecular formula is C16H24FN3. The number of aromatic nitrogens is 1. The Bertz CT molecular complexity index is 428. The molecule has 1 aromatic heterocycles. The van der Waals surface area contributed by atoms with Crippen LogP contribution in [0.15, 0.2) is 18.3 Å². The summed E-state index contributed by atoms with van der Waals surface area (Å²) in [5, 5.41) is 3.64. The molecule has 1 aromatic rings. The molecule has 2 aliphatic rings. The number of rotatable bonds is 3. The number of hydrogen-bond acceptors (Lipinski definition) is 3. The van der Waals surface area contributed by atoms with Crippen molar-refractivity contribution < 1.29 is 4.39 Å². The third kappa shape index (κ3) is 3.01. The molecule has 3 unspecified atom stereocenters. The molecular weight excluding hydrogens is 253 g/mol. The second-order valence-corrected chi connectivity index (χ2v) is 6.18. The third-order valence-electron chi connectivity index (χ3n) is 4.88. The Morgan fingerprint density at radius 2 is 2.25 bits per heavy atom. The van der Waals surface area contributed by atoms with Gasteiger partial charge < -0.3 is 5.32 Å². The third-order valence-corrected chi connectivity index (χ3v) is 4.88. The fourth-order valence-electron chi connectivity index (χ4n) is 3.66. The van der Waals surface area contributed by atoms with E-state index in [2.05, 4.69) is 22.1 Å². The molecule has 2 aliphatic heterocycles. The molecule has 2 saturated heterocycles. The highest BCUT2D eigenvalue weighted by molar-refractivity contribution is 5.09. The van der Waals surface area contributed by atoms with Gasteiger partial charge in [-0.2, -0.15) is 0 Å². The van der Waals surface area contributed by atoms with Gasteiger partial charge >= 0.3 is 0 Å². The van der Waals surface area contributed by atoms with Gasteiger partial charge in [-0.1, -0.05) is 0 Å². The van der Waals surface area contributed by atoms with E-state index >= 15 is 0 Å². The zero-order chi connectivity index (χ0) is 13.9. The lowest BCUT2D eigenvalue weighted by atomic mass is 9.89. The van der Waals surface area contributed by atoms with E-state index < -0.39 is 0 Å². The zero-order valence-electron chi connectivity index (χ0n) is 12.2. The van der Waals surface area contributed by atoms with Crippen LogP contribution in [0.2, 0.25) is 0 Å². The zero-order valence-corrected chi connectivity index (χ0v) is 12.2. The number of pyridine rings is 1. The summed E-state index contributed by atoms with van der Waals surface area (Å²) >= 11 is 0. The van der Waals surface area contributed by atoms with Gasteiger partial charge in [0.15, 0.2) is 0 Å². The van der Waals surface area contributed by atoms with Gasteiger partial charge in [0, 0.05) is 18.6 Å². The van der Waals surface area contributed by atoms with E-state index in [0.717, 1.165) is 24.7 Å². The fourth-order valence-corrected chi connectivity index (χ4v) is 3.66. The Morgan fingerprint density at radius 1 is 1.35 bits per heavy atom. The Morgan fingerprint density at radius 3 is 2.95 bits per heavy atom. The lowest BCUT2D eigenvalue weighted by Crippen LogP contribution is -2.44. The standard InChI is InChI=1S/C16H24FN3/c1-12(15-7-6-14(17)10-19-15)20-9-3-4-13(11-20)16-5-2-8-18-16/h6-7,10,12-13,16,18H,2-5,8-9,11H2,1H3. The smallest absolute Gasteiger partial charge is 0.141 e. The molecule has 3 heterocycles. The summed E-state index contributed by atoms with van der Waals surface area (Å²) in [6.07, 6.45) is 6.55. The van der Waals surface area contributed by atoms with E-state index in [4.69, 9.17) is 0 Å². The number of likely N-dealkylation sites (tertiary alicyclic amines) is 1. The highest BCUT2D eigenvalue weighted by Gasteiger charge is 2.31. The molecule has 110 valence electrons. The lowest BCUT2D eigenvalue weighted by molar-refractivity contribution is 0.113. The van der Waals surface area contributed by atoms with Crippen LogP contribution >= 0.6 is 0 Å². The van der Waals surface area contributed by atoms with Crippen molar-refractivity contribution in [2.24, 2.45) is 5.92 Å². The molecule has 0 saturated carbocycles. The Hall–Kier alpha value is -1.00. The summed E-state index contributed by atoms with van der Waals surface area (Å²) in [5.74, 6) is 0.502. The predicted octanol–water partition coefficient (Wildman–Crippen LogP) is 2.75. The quantitative estimate of drug-likeness (QED) is 0.921. The molecule has 1 N–H and O–H groups in total. The van der Waals surface area contributed by atoms with Crippen LogP contribution in [-0.4, -0.2) is 35.6 Å². The van der Waals surface area contributed by atoms with E-state index in [-0.39, 0.29) is 11.9 Å². The van der Waals surface area contributed by atoms with Crippen molar-refractivity contribution in [3.63, 3.8) is 0 Å². The normalized spacial score (nSPS) is 29.5. The van der Waals surface area contributed by atoms with E-state index in [1.165, 1.54) is 44.5 Å². The van der Waals surface area contributed by atoms with E-state index in [1.54, 1.807) is 0 Å². The van der Waals surface area contributed by atoms with Crippen molar-refractivity contribution in [3.05, 3.63) is 29.8 Å². The van der Waals surface area contributed by atoms with Crippen molar-refractivity contribution in [3.8, 4) is 0 Å². The summed E-state index contributed by atoms with van der Waals surface area (Å²) < 4.78 is 13.0. The maximum atomic E-state index is 13.0. The van der Waals surface area contributed by atoms with Gasteiger partial charge in [0.25, 0.3) is 0 Å². The maximum absolute atomic E-state index is 13.0. The van der Waals surface area contributed by atoms with Gasteiger partial charge in [-0.3, -0.25) is 9.88 Å². The summed E-state index contributed by atoms with van der Waals surface area (Å²) in [6, 6.07) is 4.31. The molecule has 0 bridgehead atoms. The number of halogens is 1. The molecule has 3 atom stereocenters. The monoisotopic (exact) mass is 277 g/mol. The first-order valence-corrected chi connectivity index (χ1v) is 7.83. The van der Waals surface area contributed by atoms with Crippen LogP contribution < -0.4 is 5.32 Å². The minimum Gasteiger partial charge on any atom is -0.314 e. The topological polar surface area (TPSA) is 28.2 Å². The van der Waals surface area contributed by atoms with Gasteiger partial charge in [-0.25, -0.2) is 4.39 Å². The molecule has 0 spiro atoms. The maximum Gasteiger partial charge on any atom is 0.141 e. The van der Waals surface area contributed by atoms with E-state index in [1.807, 2.05) is 6.07 Å². The number of piperidine rings is 1. The van der Waals surface area contributed by atoms with Crippen LogP contribution in [-0.2, 0) is 0 Å². The average Bonchev–Trinajstić information content (AvgIpc) is 3.02. The number of nitrogens with one attached hydrogen (secondary N) is 1. The summed E-state index contributed by atoms with van der Waals surface area (Å²) in [7, 11) is 0. The SMILES string of the molecule is CC(c1ccc(F)cn1)N1CCCC(C2CCCN2)C1. The van der Waals surface area contributed by atoms with Gasteiger partial charge in [0.1, 0.15) is 5.82 Å². The molecule has 3 nitrogen and oxygen atoms in total. The minimum absolute atomic E-state index is 0.257. The molecule has 2 fully saturated rings. The molecule has 4 heteroatoms. The number of hydrogen-bond donors (Lipinski definition) is 1. The van der Waals surface area contributed by atoms with E-state index in [0.29, 0.717) is 6.04 Å². The first kappa shape index (κ1) is 14.0. The van der Waals surface area contributed by atoms with Crippen LogP contribution in [0.1, 0.15) is 44.3 Å². The lowest BCUT2D eigenvalue weighted by Gasteiger charge is -2.39. The molecule has 20 heavy (non-hydrogen) atoms. The Kier molecular flexibility index (Phi) is 4.32. The second-order valence-electron chi connectivity index (χ2n) is 6.18. The molecule has 0 amide bonds. The van der Waals surface area contributed by atoms with Crippen molar-refractivity contribution >= 4 is 0 Å². The van der Waals surface area contributed by atoms with Crippen LogP contribution in [0.4, 0.5) is 4.39 Å². The summed E-state index contributed by atoms with van der Waals surface area (Å²) in [6.45, 7) is 5.63. The average molecular weight is 277 g/mol. The van der Waals surface area contributed by atoms with Crippen LogP contribution in [0.3, 0.4) is 0 Å². The van der Waals surface area contributed by atoms with Crippen molar-refractivity contribution in [2.75, 3.05) is 19.6 Å². The largest absolute Gasteiger partial charge is 0.314 e. The van der Waals surface area contributed by atoms with Crippen LogP contribution in [0, 0.1) is 11.7 Å². The second kappa shape index (κ2) is 6.19. The molecule has 0 radical (unpaired) electrons. The van der Waals surface area contributed by atoms with Gasteiger partial charge in [0.05, 0.1) is 11.9 Å². The summed E-state index contributed by atoms with van der Waals surface area (Å²) in [4.78, 5) is 6.75. The fraction of sp³-hybridized carbons (Fsp3) is 0.688. The van der Waals surface area contributed by atoms with Crippen molar-refractivity contribution in [1.82, 2.24) is 15.2 Å². The Balaban J connectivity index is 1.65. The number of nitrogens with zero attached hydrogens (tertiary/aromatic N) is 2. The van der Waals surface area contributed by atoms with Gasteiger partial charge in [-0.15, -0.1) is 0 Å². The predicted molar refractivity (Wildman–Crippen MR) is 77.9 cm³/mol.